The van der Waals surface area contributed by atoms with Gasteiger partial charge < -0.3 is 0 Å². The molecule has 0 bridgehead atoms. The van der Waals surface area contributed by atoms with Gasteiger partial charge in [-0.1, -0.05) is 20.8 Å². The predicted molar refractivity (Wildman–Crippen MR) is 112 cm³/mol. The minimum atomic E-state index is -0.0653. The zero-order chi connectivity index (χ0) is 22.8. The first kappa shape index (κ1) is 24.8. The van der Waals surface area contributed by atoms with Gasteiger partial charge in [-0.3, -0.25) is 0 Å². The van der Waals surface area contributed by atoms with E-state index in [1.807, 2.05) is 0 Å². The van der Waals surface area contributed by atoms with Gasteiger partial charge >= 0.3 is 0 Å². The van der Waals surface area contributed by atoms with Gasteiger partial charge in [0.05, 0.1) is 24.0 Å². The first-order chi connectivity index (χ1) is 14.1. The maximum Gasteiger partial charge on any atom is 0.240 e. The monoisotopic (exact) mass is 410 g/mol. The third kappa shape index (κ3) is 7.29. The van der Waals surface area contributed by atoms with Gasteiger partial charge in [0.25, 0.3) is 0 Å². The number of carbonyl (C=O) groups excluding carboxylic acids is 4. The number of aliphatic imine (C=N–C) groups is 4. The van der Waals surface area contributed by atoms with Crippen molar-refractivity contribution in [1.29, 1.82) is 0 Å². The molecule has 1 fully saturated rings. The van der Waals surface area contributed by atoms with Crippen LogP contribution >= 0.6 is 0 Å². The quantitative estimate of drug-likeness (QED) is 0.525. The summed E-state index contributed by atoms with van der Waals surface area (Å²) in [5, 5.41) is 0. The summed E-state index contributed by atoms with van der Waals surface area (Å²) in [5.41, 5.74) is 2.76. The molecule has 2 atom stereocenters. The first-order valence-corrected chi connectivity index (χ1v) is 9.48. The van der Waals surface area contributed by atoms with Crippen LogP contribution in [0.15, 0.2) is 32.1 Å². The standard InChI is InChI=1S/C12H18N2O2.C10H8N2O2/c1-11(2)4-10(14-9-16)5-12(3,6-11)7-13-8-15;1-7-8(2)10(12-6-14)4-3-9(7)11-5-13/h10H,4-7H2,1-3H3;3-4H,1-2H3. The summed E-state index contributed by atoms with van der Waals surface area (Å²) in [5.74, 6) is 0. The molecule has 1 aromatic carbocycles. The molecule has 8 nitrogen and oxygen atoms in total. The van der Waals surface area contributed by atoms with Crippen LogP contribution in [-0.4, -0.2) is 36.9 Å². The van der Waals surface area contributed by atoms with Gasteiger partial charge in [0, 0.05) is 0 Å². The summed E-state index contributed by atoms with van der Waals surface area (Å²) in [4.78, 5) is 55.2. The average molecular weight is 410 g/mol. The van der Waals surface area contributed by atoms with Gasteiger partial charge in [0.2, 0.25) is 24.3 Å². The number of rotatable bonds is 5. The van der Waals surface area contributed by atoms with E-state index in [-0.39, 0.29) is 16.9 Å². The van der Waals surface area contributed by atoms with E-state index in [9.17, 15) is 19.2 Å². The van der Waals surface area contributed by atoms with Crippen LogP contribution < -0.4 is 0 Å². The lowest BCUT2D eigenvalue weighted by molar-refractivity contribution is 0.0915. The van der Waals surface area contributed by atoms with Crippen molar-refractivity contribution in [2.24, 2.45) is 30.8 Å². The molecule has 1 aromatic rings. The molecule has 8 heteroatoms. The summed E-state index contributed by atoms with van der Waals surface area (Å²) in [6.45, 7) is 10.5. The second-order valence-corrected chi connectivity index (χ2v) is 8.60. The van der Waals surface area contributed by atoms with Crippen LogP contribution in [0.25, 0.3) is 0 Å². The Kier molecular flexibility index (Phi) is 9.14. The third-order valence-corrected chi connectivity index (χ3v) is 5.24. The van der Waals surface area contributed by atoms with Crippen LogP contribution in [0.3, 0.4) is 0 Å². The van der Waals surface area contributed by atoms with E-state index < -0.39 is 0 Å². The molecule has 0 saturated heterocycles. The van der Waals surface area contributed by atoms with Crippen molar-refractivity contribution < 1.29 is 19.2 Å². The van der Waals surface area contributed by atoms with Crippen LogP contribution in [0.2, 0.25) is 0 Å². The Bertz CT molecular complexity index is 919. The molecule has 0 amide bonds. The number of hydrogen-bond acceptors (Lipinski definition) is 8. The van der Waals surface area contributed by atoms with Gasteiger partial charge in [-0.25, -0.2) is 29.2 Å². The maximum atomic E-state index is 10.3. The van der Waals surface area contributed by atoms with Crippen molar-refractivity contribution in [3.63, 3.8) is 0 Å². The highest BCUT2D eigenvalue weighted by atomic mass is 16.1. The predicted octanol–water partition coefficient (Wildman–Crippen LogP) is 4.48. The maximum absolute atomic E-state index is 10.3. The van der Waals surface area contributed by atoms with Crippen LogP contribution in [0, 0.1) is 24.7 Å². The normalized spacial score (nSPS) is 21.3. The number of hydrogen-bond donors (Lipinski definition) is 0. The van der Waals surface area contributed by atoms with Crippen molar-refractivity contribution in [3.8, 4) is 0 Å². The fraction of sp³-hybridized carbons (Fsp3) is 0.545. The number of isocyanates is 4. The van der Waals surface area contributed by atoms with Crippen molar-refractivity contribution in [2.45, 2.75) is 59.9 Å². The molecule has 0 spiro atoms. The second-order valence-electron chi connectivity index (χ2n) is 8.60. The van der Waals surface area contributed by atoms with Gasteiger partial charge in [0.1, 0.15) is 0 Å². The second kappa shape index (κ2) is 11.1. The molecule has 2 rings (SSSR count). The topological polar surface area (TPSA) is 118 Å². The van der Waals surface area contributed by atoms with Gasteiger partial charge in [-0.05, 0) is 67.2 Å². The summed E-state index contributed by atoms with van der Waals surface area (Å²) >= 11 is 0. The van der Waals surface area contributed by atoms with Crippen molar-refractivity contribution in [1.82, 2.24) is 0 Å². The van der Waals surface area contributed by atoms with E-state index in [0.29, 0.717) is 17.9 Å². The van der Waals surface area contributed by atoms with Crippen LogP contribution in [0.1, 0.15) is 51.2 Å². The molecule has 0 aromatic heterocycles. The average Bonchev–Trinajstić information content (AvgIpc) is 2.66. The Labute approximate surface area is 175 Å². The van der Waals surface area contributed by atoms with E-state index in [1.165, 1.54) is 12.2 Å². The molecule has 0 heterocycles. The lowest BCUT2D eigenvalue weighted by Crippen LogP contribution is -2.39. The highest BCUT2D eigenvalue weighted by Crippen LogP contribution is 2.47. The Hall–Kier alpha value is -3.26. The number of nitrogens with zero attached hydrogens (tertiary/aromatic N) is 4. The zero-order valence-corrected chi connectivity index (χ0v) is 18.0. The highest BCUT2D eigenvalue weighted by molar-refractivity contribution is 5.64. The molecule has 158 valence electrons. The first-order valence-electron chi connectivity index (χ1n) is 9.48. The van der Waals surface area contributed by atoms with Crippen molar-refractivity contribution >= 4 is 35.7 Å². The van der Waals surface area contributed by atoms with Crippen LogP contribution in [0.4, 0.5) is 11.4 Å². The molecule has 0 N–H and O–H groups in total. The van der Waals surface area contributed by atoms with E-state index >= 15 is 0 Å². The van der Waals surface area contributed by atoms with Crippen molar-refractivity contribution in [3.05, 3.63) is 23.3 Å². The Morgan fingerprint density at radius 3 is 1.83 bits per heavy atom. The largest absolute Gasteiger partial charge is 0.240 e. The SMILES string of the molecule is CC1(C)CC(N=C=O)CC(C)(CN=C=O)C1.Cc1c(N=C=O)ccc(N=C=O)c1C. The summed E-state index contributed by atoms with van der Waals surface area (Å²) in [6.07, 6.45) is 8.82. The minimum absolute atomic E-state index is 0.00750. The van der Waals surface area contributed by atoms with Crippen LogP contribution in [-0.2, 0) is 19.2 Å². The Morgan fingerprint density at radius 1 is 0.867 bits per heavy atom. The van der Waals surface area contributed by atoms with E-state index in [1.54, 1.807) is 38.1 Å². The molecule has 0 aliphatic heterocycles. The minimum Gasteiger partial charge on any atom is -0.211 e. The molecular formula is C22H26N4O4. The van der Waals surface area contributed by atoms with E-state index in [2.05, 4.69) is 40.7 Å². The lowest BCUT2D eigenvalue weighted by Gasteiger charge is -2.44. The molecular weight excluding hydrogens is 384 g/mol. The Morgan fingerprint density at radius 2 is 1.40 bits per heavy atom. The molecule has 1 aliphatic carbocycles. The van der Waals surface area contributed by atoms with E-state index in [0.717, 1.165) is 30.4 Å². The Balaban J connectivity index is 0.000000303. The third-order valence-electron chi connectivity index (χ3n) is 5.24. The van der Waals surface area contributed by atoms with Crippen LogP contribution in [0.5, 0.6) is 0 Å². The van der Waals surface area contributed by atoms with Gasteiger partial charge in [-0.2, -0.15) is 9.98 Å². The molecule has 2 unspecified atom stereocenters. The smallest absolute Gasteiger partial charge is 0.211 e. The molecule has 0 radical (unpaired) electrons. The summed E-state index contributed by atoms with van der Waals surface area (Å²) in [7, 11) is 0. The fourth-order valence-corrected chi connectivity index (χ4v) is 4.22. The number of benzene rings is 1. The van der Waals surface area contributed by atoms with Crippen molar-refractivity contribution in [2.75, 3.05) is 6.54 Å². The summed E-state index contributed by atoms with van der Waals surface area (Å²) < 4.78 is 0. The zero-order valence-electron chi connectivity index (χ0n) is 18.0. The van der Waals surface area contributed by atoms with E-state index in [4.69, 9.17) is 0 Å². The van der Waals surface area contributed by atoms with Gasteiger partial charge in [-0.15, -0.1) is 0 Å². The fourth-order valence-electron chi connectivity index (χ4n) is 4.22. The molecule has 1 saturated carbocycles. The summed E-state index contributed by atoms with van der Waals surface area (Å²) in [6, 6.07) is 3.24. The molecule has 30 heavy (non-hydrogen) atoms. The lowest BCUT2D eigenvalue weighted by atomic mass is 9.63. The van der Waals surface area contributed by atoms with Gasteiger partial charge in [0.15, 0.2) is 0 Å². The highest BCUT2D eigenvalue weighted by Gasteiger charge is 2.41. The molecule has 1 aliphatic rings.